The molecule has 2 N–H and O–H groups in total. The van der Waals surface area contributed by atoms with Gasteiger partial charge in [-0.05, 0) is 13.3 Å². The van der Waals surface area contributed by atoms with Gasteiger partial charge in [-0.2, -0.15) is 0 Å². The second-order valence-electron chi connectivity index (χ2n) is 3.99. The summed E-state index contributed by atoms with van der Waals surface area (Å²) in [6, 6.07) is -0.592. The fourth-order valence-electron chi connectivity index (χ4n) is 1.45. The molecule has 0 spiro atoms. The minimum Gasteiger partial charge on any atom is -0.383 e. The minimum atomic E-state index is -0.592. The van der Waals surface area contributed by atoms with Crippen molar-refractivity contribution in [3.8, 4) is 0 Å². The number of rotatable bonds is 7. The first-order chi connectivity index (χ1) is 9.10. The van der Waals surface area contributed by atoms with Crippen LogP contribution < -0.4 is 10.6 Å². The average Bonchev–Trinajstić information content (AvgIpc) is 2.41. The Balaban J connectivity index is 2.61. The highest BCUT2D eigenvalue weighted by Gasteiger charge is 2.16. The molecular formula is C12H19FN4O2. The number of hydrogen-bond acceptors (Lipinski definition) is 5. The zero-order valence-corrected chi connectivity index (χ0v) is 11.4. The van der Waals surface area contributed by atoms with E-state index >= 15 is 0 Å². The normalized spacial score (nSPS) is 12.0. The van der Waals surface area contributed by atoms with Crippen molar-refractivity contribution in [2.45, 2.75) is 26.3 Å². The summed E-state index contributed by atoms with van der Waals surface area (Å²) < 4.78 is 18.7. The highest BCUT2D eigenvalue weighted by Crippen LogP contribution is 2.14. The number of aromatic nitrogens is 2. The maximum atomic E-state index is 13.9. The fourth-order valence-corrected chi connectivity index (χ4v) is 1.45. The molecule has 6 nitrogen and oxygen atoms in total. The van der Waals surface area contributed by atoms with Crippen molar-refractivity contribution in [2.75, 3.05) is 25.6 Å². The van der Waals surface area contributed by atoms with E-state index in [2.05, 4.69) is 20.6 Å². The lowest BCUT2D eigenvalue weighted by Crippen LogP contribution is -2.39. The van der Waals surface area contributed by atoms with Gasteiger partial charge in [-0.25, -0.2) is 14.4 Å². The Kier molecular flexibility index (Phi) is 6.14. The van der Waals surface area contributed by atoms with Gasteiger partial charge in [0, 0.05) is 13.7 Å². The van der Waals surface area contributed by atoms with Gasteiger partial charge in [-0.3, -0.25) is 4.79 Å². The van der Waals surface area contributed by atoms with Crippen LogP contribution in [-0.4, -0.2) is 42.2 Å². The molecule has 1 atom stereocenters. The molecule has 0 aliphatic carbocycles. The van der Waals surface area contributed by atoms with Crippen LogP contribution in [0.15, 0.2) is 6.33 Å². The molecule has 1 heterocycles. The van der Waals surface area contributed by atoms with E-state index in [9.17, 15) is 9.18 Å². The molecule has 1 unspecified atom stereocenters. The smallest absolute Gasteiger partial charge is 0.242 e. The van der Waals surface area contributed by atoms with Gasteiger partial charge in [0.05, 0.1) is 12.3 Å². The summed E-state index contributed by atoms with van der Waals surface area (Å²) in [7, 11) is 1.55. The first-order valence-corrected chi connectivity index (χ1v) is 6.12. The number of anilines is 1. The summed E-state index contributed by atoms with van der Waals surface area (Å²) in [4.78, 5) is 19.3. The van der Waals surface area contributed by atoms with E-state index < -0.39 is 11.9 Å². The molecule has 0 bridgehead atoms. The highest BCUT2D eigenvalue weighted by molar-refractivity contribution is 5.83. The molecule has 0 fully saturated rings. The minimum absolute atomic E-state index is 0.0428. The third-order valence-electron chi connectivity index (χ3n) is 2.55. The van der Waals surface area contributed by atoms with Gasteiger partial charge >= 0.3 is 0 Å². The van der Waals surface area contributed by atoms with Crippen molar-refractivity contribution < 1.29 is 13.9 Å². The lowest BCUT2D eigenvalue weighted by atomic mass is 10.2. The predicted octanol–water partition coefficient (Wildman–Crippen LogP) is 0.741. The largest absolute Gasteiger partial charge is 0.383 e. The monoisotopic (exact) mass is 270 g/mol. The van der Waals surface area contributed by atoms with Crippen molar-refractivity contribution in [2.24, 2.45) is 0 Å². The van der Waals surface area contributed by atoms with Crippen LogP contribution in [-0.2, 0) is 16.0 Å². The fraction of sp³-hybridized carbons (Fsp3) is 0.583. The van der Waals surface area contributed by atoms with E-state index in [0.29, 0.717) is 25.3 Å². The lowest BCUT2D eigenvalue weighted by molar-refractivity contribution is -0.121. The van der Waals surface area contributed by atoms with Gasteiger partial charge in [0.1, 0.15) is 12.4 Å². The summed E-state index contributed by atoms with van der Waals surface area (Å²) >= 11 is 0. The molecule has 0 aliphatic rings. The van der Waals surface area contributed by atoms with Crippen LogP contribution in [0.4, 0.5) is 10.2 Å². The number of nitrogens with zero attached hydrogens (tertiary/aromatic N) is 2. The molecule has 0 radical (unpaired) electrons. The first-order valence-electron chi connectivity index (χ1n) is 6.12. The molecular weight excluding hydrogens is 251 g/mol. The second kappa shape index (κ2) is 7.63. The predicted molar refractivity (Wildman–Crippen MR) is 69.3 cm³/mol. The highest BCUT2D eigenvalue weighted by atomic mass is 19.1. The number of nitrogens with one attached hydrogen (secondary N) is 2. The van der Waals surface area contributed by atoms with Crippen molar-refractivity contribution in [1.29, 1.82) is 0 Å². The molecule has 1 rings (SSSR count). The molecule has 1 aromatic heterocycles. The average molecular weight is 270 g/mol. The van der Waals surface area contributed by atoms with Gasteiger partial charge in [0.2, 0.25) is 5.91 Å². The molecule has 19 heavy (non-hydrogen) atoms. The molecule has 1 amide bonds. The van der Waals surface area contributed by atoms with E-state index in [0.717, 1.165) is 0 Å². The molecule has 1 aromatic rings. The maximum Gasteiger partial charge on any atom is 0.242 e. The second-order valence-corrected chi connectivity index (χ2v) is 3.99. The molecule has 0 aromatic carbocycles. The van der Waals surface area contributed by atoms with Crippen molar-refractivity contribution >= 4 is 11.7 Å². The topological polar surface area (TPSA) is 76.1 Å². The Morgan fingerprint density at radius 1 is 1.53 bits per heavy atom. The van der Waals surface area contributed by atoms with Crippen LogP contribution in [0, 0.1) is 5.82 Å². The Hall–Kier alpha value is -1.76. The van der Waals surface area contributed by atoms with Crippen LogP contribution in [0.1, 0.15) is 19.5 Å². The molecule has 7 heteroatoms. The zero-order chi connectivity index (χ0) is 14.3. The van der Waals surface area contributed by atoms with Crippen molar-refractivity contribution in [3.05, 3.63) is 17.8 Å². The summed E-state index contributed by atoms with van der Waals surface area (Å²) in [6.45, 7) is 4.28. The van der Waals surface area contributed by atoms with Crippen molar-refractivity contribution in [3.63, 3.8) is 0 Å². The van der Waals surface area contributed by atoms with Gasteiger partial charge in [0.15, 0.2) is 11.6 Å². The number of hydrogen-bond donors (Lipinski definition) is 2. The Labute approximate surface area is 111 Å². The number of aryl methyl sites for hydroxylation is 1. The quantitative estimate of drug-likeness (QED) is 0.715. The molecule has 0 saturated heterocycles. The van der Waals surface area contributed by atoms with Gasteiger partial charge in [-0.1, -0.05) is 6.92 Å². The number of carbonyl (C=O) groups is 1. The Bertz CT molecular complexity index is 428. The third kappa shape index (κ3) is 4.44. The number of halogens is 1. The molecule has 0 aliphatic heterocycles. The summed E-state index contributed by atoms with van der Waals surface area (Å²) in [6.07, 6.45) is 1.75. The van der Waals surface area contributed by atoms with E-state index in [4.69, 9.17) is 4.74 Å². The van der Waals surface area contributed by atoms with E-state index in [1.807, 2.05) is 0 Å². The van der Waals surface area contributed by atoms with Crippen LogP contribution in [0.2, 0.25) is 0 Å². The summed E-state index contributed by atoms with van der Waals surface area (Å²) in [5.74, 6) is -0.712. The Morgan fingerprint density at radius 2 is 2.26 bits per heavy atom. The molecule has 0 saturated carbocycles. The molecule has 106 valence electrons. The SMILES string of the molecule is CCc1ncnc(NC(C)C(=O)NCCOC)c1F. The number of ether oxygens (including phenoxy) is 1. The third-order valence-corrected chi connectivity index (χ3v) is 2.55. The van der Waals surface area contributed by atoms with Gasteiger partial charge in [0.25, 0.3) is 0 Å². The maximum absolute atomic E-state index is 13.9. The van der Waals surface area contributed by atoms with Gasteiger partial charge in [-0.15, -0.1) is 0 Å². The summed E-state index contributed by atoms with van der Waals surface area (Å²) in [5.41, 5.74) is 0.324. The van der Waals surface area contributed by atoms with Crippen molar-refractivity contribution in [1.82, 2.24) is 15.3 Å². The lowest BCUT2D eigenvalue weighted by Gasteiger charge is -2.15. The zero-order valence-electron chi connectivity index (χ0n) is 11.4. The number of methoxy groups -OCH3 is 1. The first kappa shape index (κ1) is 15.3. The number of amides is 1. The van der Waals surface area contributed by atoms with Crippen LogP contribution in [0.3, 0.4) is 0 Å². The standard InChI is InChI=1S/C12H19FN4O2/c1-4-9-10(13)11(16-7-15-9)17-8(2)12(18)14-5-6-19-3/h7-8H,4-6H2,1-3H3,(H,14,18)(H,15,16,17). The van der Waals surface area contributed by atoms with Crippen LogP contribution >= 0.6 is 0 Å². The van der Waals surface area contributed by atoms with E-state index in [1.54, 1.807) is 21.0 Å². The van der Waals surface area contributed by atoms with Crippen LogP contribution in [0.5, 0.6) is 0 Å². The van der Waals surface area contributed by atoms with E-state index in [1.165, 1.54) is 6.33 Å². The summed E-state index contributed by atoms with van der Waals surface area (Å²) in [5, 5.41) is 5.39. The number of carbonyl (C=O) groups excluding carboxylic acids is 1. The Morgan fingerprint density at radius 3 is 2.89 bits per heavy atom. The van der Waals surface area contributed by atoms with E-state index in [-0.39, 0.29) is 11.7 Å². The van der Waals surface area contributed by atoms with Gasteiger partial charge < -0.3 is 15.4 Å². The van der Waals surface area contributed by atoms with Crippen LogP contribution in [0.25, 0.3) is 0 Å².